The molecular formula is C11H13F4N3O. The number of halogens is 4. The number of benzene rings is 1. The Labute approximate surface area is 106 Å². The Balaban J connectivity index is 2.69. The Morgan fingerprint density at radius 2 is 2.00 bits per heavy atom. The molecule has 0 radical (unpaired) electrons. The van der Waals surface area contributed by atoms with Gasteiger partial charge in [0.25, 0.3) is 0 Å². The number of hydrogen-bond donors (Lipinski definition) is 3. The summed E-state index contributed by atoms with van der Waals surface area (Å²) in [6.45, 7) is -1.26. The number of nitrogens with one attached hydrogen (secondary N) is 1. The molecule has 4 N–H and O–H groups in total. The van der Waals surface area contributed by atoms with E-state index in [1.807, 2.05) is 0 Å². The van der Waals surface area contributed by atoms with Gasteiger partial charge in [0.05, 0.1) is 6.54 Å². The smallest absolute Gasteiger partial charge is 0.319 e. The van der Waals surface area contributed by atoms with Crippen LogP contribution in [0.25, 0.3) is 0 Å². The highest BCUT2D eigenvalue weighted by Crippen LogP contribution is 2.21. The average Bonchev–Trinajstić information content (AvgIpc) is 2.38. The van der Waals surface area contributed by atoms with Gasteiger partial charge >= 0.3 is 12.3 Å². The van der Waals surface area contributed by atoms with Gasteiger partial charge in [0, 0.05) is 12.1 Å². The molecule has 0 saturated heterocycles. The highest BCUT2D eigenvalue weighted by atomic mass is 19.3. The lowest BCUT2D eigenvalue weighted by Crippen LogP contribution is -2.38. The fraction of sp³-hybridized carbons (Fsp3) is 0.364. The molecule has 0 fully saturated rings. The Hall–Kier alpha value is -1.83. The molecule has 0 unspecified atom stereocenters. The van der Waals surface area contributed by atoms with E-state index in [2.05, 4.69) is 10.5 Å². The fourth-order valence-electron chi connectivity index (χ4n) is 1.42. The van der Waals surface area contributed by atoms with Gasteiger partial charge in [-0.1, -0.05) is 29.4 Å². The lowest BCUT2D eigenvalue weighted by atomic mass is 10.1. The molecule has 0 aromatic heterocycles. The summed E-state index contributed by atoms with van der Waals surface area (Å²) in [5.74, 6) is -4.27. The first-order valence-electron chi connectivity index (χ1n) is 5.31. The van der Waals surface area contributed by atoms with E-state index in [4.69, 9.17) is 10.9 Å². The van der Waals surface area contributed by atoms with Crippen molar-refractivity contribution < 1.29 is 22.8 Å². The molecule has 1 aromatic carbocycles. The van der Waals surface area contributed by atoms with Crippen molar-refractivity contribution in [1.29, 1.82) is 0 Å². The summed E-state index contributed by atoms with van der Waals surface area (Å²) < 4.78 is 49.2. The number of nitrogens with zero attached hydrogens (tertiary/aromatic N) is 1. The summed E-state index contributed by atoms with van der Waals surface area (Å²) in [5, 5.41) is 13.6. The SMILES string of the molecule is N/C(=N/O)c1ccccc1CNCC(F)(F)C(F)F. The van der Waals surface area contributed by atoms with Crippen molar-refractivity contribution in [2.24, 2.45) is 10.9 Å². The second kappa shape index (κ2) is 6.37. The fourth-order valence-corrected chi connectivity index (χ4v) is 1.42. The van der Waals surface area contributed by atoms with Crippen molar-refractivity contribution in [3.8, 4) is 0 Å². The summed E-state index contributed by atoms with van der Waals surface area (Å²) in [7, 11) is 0. The minimum absolute atomic E-state index is 0.102. The van der Waals surface area contributed by atoms with E-state index in [-0.39, 0.29) is 12.4 Å². The molecule has 0 spiro atoms. The van der Waals surface area contributed by atoms with Crippen LogP contribution in [0, 0.1) is 0 Å². The van der Waals surface area contributed by atoms with E-state index in [9.17, 15) is 17.6 Å². The predicted octanol–water partition coefficient (Wildman–Crippen LogP) is 1.77. The highest BCUT2D eigenvalue weighted by molar-refractivity contribution is 5.98. The molecule has 8 heteroatoms. The van der Waals surface area contributed by atoms with E-state index < -0.39 is 18.9 Å². The Kier molecular flexibility index (Phi) is 5.11. The van der Waals surface area contributed by atoms with Gasteiger partial charge in [0.1, 0.15) is 0 Å². The quantitative estimate of drug-likeness (QED) is 0.244. The zero-order valence-corrected chi connectivity index (χ0v) is 9.78. The van der Waals surface area contributed by atoms with E-state index in [0.717, 1.165) is 0 Å². The Morgan fingerprint density at radius 1 is 1.37 bits per heavy atom. The predicted molar refractivity (Wildman–Crippen MR) is 61.6 cm³/mol. The summed E-state index contributed by atoms with van der Waals surface area (Å²) in [6.07, 6.45) is -3.72. The molecule has 0 heterocycles. The Morgan fingerprint density at radius 3 is 2.58 bits per heavy atom. The van der Waals surface area contributed by atoms with Crippen molar-refractivity contribution in [3.05, 3.63) is 35.4 Å². The molecule has 0 aliphatic rings. The van der Waals surface area contributed by atoms with Crippen molar-refractivity contribution in [1.82, 2.24) is 5.32 Å². The second-order valence-electron chi connectivity index (χ2n) is 3.81. The summed E-state index contributed by atoms with van der Waals surface area (Å²) in [5.41, 5.74) is 6.21. The van der Waals surface area contributed by atoms with Crippen LogP contribution in [0.1, 0.15) is 11.1 Å². The summed E-state index contributed by atoms with van der Waals surface area (Å²) in [6, 6.07) is 6.32. The van der Waals surface area contributed by atoms with Crippen molar-refractivity contribution in [2.75, 3.05) is 6.54 Å². The Bertz CT molecular complexity index is 451. The van der Waals surface area contributed by atoms with E-state index >= 15 is 0 Å². The van der Waals surface area contributed by atoms with Crippen molar-refractivity contribution >= 4 is 5.84 Å². The number of amidine groups is 1. The van der Waals surface area contributed by atoms with E-state index in [0.29, 0.717) is 11.1 Å². The van der Waals surface area contributed by atoms with Crippen LogP contribution in [0.4, 0.5) is 17.6 Å². The van der Waals surface area contributed by atoms with Crippen molar-refractivity contribution in [3.63, 3.8) is 0 Å². The molecule has 1 rings (SSSR count). The first-order valence-corrected chi connectivity index (χ1v) is 5.31. The van der Waals surface area contributed by atoms with Crippen LogP contribution in [0.3, 0.4) is 0 Å². The van der Waals surface area contributed by atoms with Crippen LogP contribution in [-0.4, -0.2) is 29.9 Å². The normalized spacial score (nSPS) is 13.0. The molecule has 0 saturated carbocycles. The minimum Gasteiger partial charge on any atom is -0.409 e. The zero-order valence-electron chi connectivity index (χ0n) is 9.78. The van der Waals surface area contributed by atoms with Crippen LogP contribution in [0.15, 0.2) is 29.4 Å². The second-order valence-corrected chi connectivity index (χ2v) is 3.81. The van der Waals surface area contributed by atoms with Crippen LogP contribution >= 0.6 is 0 Å². The molecule has 0 atom stereocenters. The van der Waals surface area contributed by atoms with Gasteiger partial charge in [-0.05, 0) is 5.56 Å². The average molecular weight is 279 g/mol. The maximum absolute atomic E-state index is 12.7. The van der Waals surface area contributed by atoms with Crippen LogP contribution in [0.5, 0.6) is 0 Å². The van der Waals surface area contributed by atoms with Gasteiger partial charge in [-0.25, -0.2) is 8.78 Å². The van der Waals surface area contributed by atoms with Gasteiger partial charge in [0.2, 0.25) is 0 Å². The molecule has 0 bridgehead atoms. The largest absolute Gasteiger partial charge is 0.409 e. The van der Waals surface area contributed by atoms with E-state index in [1.54, 1.807) is 18.2 Å². The number of rotatable bonds is 6. The number of alkyl halides is 4. The first kappa shape index (κ1) is 15.2. The third kappa shape index (κ3) is 4.09. The van der Waals surface area contributed by atoms with Gasteiger partial charge in [-0.3, -0.25) is 0 Å². The summed E-state index contributed by atoms with van der Waals surface area (Å²) in [4.78, 5) is 0. The van der Waals surface area contributed by atoms with Gasteiger partial charge < -0.3 is 16.3 Å². The standard InChI is InChI=1S/C11H13F4N3O/c12-10(13)11(14,15)6-17-5-7-3-1-2-4-8(7)9(16)18-19/h1-4,10,17,19H,5-6H2,(H2,16,18). The maximum Gasteiger partial charge on any atom is 0.319 e. The lowest BCUT2D eigenvalue weighted by molar-refractivity contribution is -0.125. The van der Waals surface area contributed by atoms with Gasteiger partial charge in [-0.15, -0.1) is 0 Å². The molecular weight excluding hydrogens is 266 g/mol. The third-order valence-corrected chi connectivity index (χ3v) is 2.40. The summed E-state index contributed by atoms with van der Waals surface area (Å²) >= 11 is 0. The number of oxime groups is 1. The van der Waals surface area contributed by atoms with Crippen LogP contribution < -0.4 is 11.1 Å². The minimum atomic E-state index is -4.09. The topological polar surface area (TPSA) is 70.6 Å². The molecule has 0 aliphatic heterocycles. The molecule has 0 amide bonds. The van der Waals surface area contributed by atoms with E-state index in [1.165, 1.54) is 6.07 Å². The molecule has 1 aromatic rings. The van der Waals surface area contributed by atoms with Gasteiger partial charge in [0.15, 0.2) is 5.84 Å². The molecule has 0 aliphatic carbocycles. The number of nitrogens with two attached hydrogens (primary N) is 1. The molecule has 4 nitrogen and oxygen atoms in total. The van der Waals surface area contributed by atoms with Gasteiger partial charge in [-0.2, -0.15) is 8.78 Å². The molecule has 106 valence electrons. The first-order chi connectivity index (χ1) is 8.88. The van der Waals surface area contributed by atoms with Crippen LogP contribution in [0.2, 0.25) is 0 Å². The number of hydrogen-bond acceptors (Lipinski definition) is 3. The third-order valence-electron chi connectivity index (χ3n) is 2.40. The van der Waals surface area contributed by atoms with Crippen molar-refractivity contribution in [2.45, 2.75) is 18.9 Å². The lowest BCUT2D eigenvalue weighted by Gasteiger charge is -2.16. The zero-order chi connectivity index (χ0) is 14.5. The molecule has 19 heavy (non-hydrogen) atoms. The highest BCUT2D eigenvalue weighted by Gasteiger charge is 2.39. The van der Waals surface area contributed by atoms with Crippen LogP contribution in [-0.2, 0) is 6.54 Å². The maximum atomic E-state index is 12.7. The monoisotopic (exact) mass is 279 g/mol.